The number of carbonyl (C=O) groups excluding carboxylic acids is 3. The molecule has 1 N–H and O–H groups in total. The van der Waals surface area contributed by atoms with Gasteiger partial charge in [0.25, 0.3) is 11.7 Å². The fourth-order valence-electron chi connectivity index (χ4n) is 2.25. The molecule has 1 aromatic heterocycles. The standard InChI is InChI=1S/C17H12BrF2N3O4/c1-3-27-17(26)14(24)11-12(20)13(23(2)15(11)18)16(25)22-9-4-5-10(19)8(6-9)7-21/h4-6H,3H2,1-2H3,(H,22,25). The molecule has 2 rings (SSSR count). The lowest BCUT2D eigenvalue weighted by Gasteiger charge is -2.07. The quantitative estimate of drug-likeness (QED) is 0.438. The second-order valence-electron chi connectivity index (χ2n) is 5.20. The number of esters is 1. The number of anilines is 1. The summed E-state index contributed by atoms with van der Waals surface area (Å²) >= 11 is 2.98. The summed E-state index contributed by atoms with van der Waals surface area (Å²) in [5.74, 6) is -5.46. The number of carbonyl (C=O) groups is 3. The number of ether oxygens (including phenoxy) is 1. The van der Waals surface area contributed by atoms with Crippen LogP contribution in [-0.2, 0) is 16.6 Å². The zero-order valence-corrected chi connectivity index (χ0v) is 15.7. The maximum Gasteiger partial charge on any atom is 0.379 e. The molecule has 0 saturated heterocycles. The fourth-order valence-corrected chi connectivity index (χ4v) is 2.78. The summed E-state index contributed by atoms with van der Waals surface area (Å²) in [5.41, 5.74) is -1.44. The molecule has 0 fully saturated rings. The van der Waals surface area contributed by atoms with Crippen molar-refractivity contribution in [2.75, 3.05) is 11.9 Å². The van der Waals surface area contributed by atoms with Gasteiger partial charge in [-0.05, 0) is 41.1 Å². The maximum atomic E-state index is 14.7. The molecule has 0 atom stereocenters. The minimum Gasteiger partial charge on any atom is -0.460 e. The van der Waals surface area contributed by atoms with Gasteiger partial charge in [0.1, 0.15) is 17.6 Å². The number of hydrogen-bond acceptors (Lipinski definition) is 5. The van der Waals surface area contributed by atoms with E-state index >= 15 is 0 Å². The monoisotopic (exact) mass is 439 g/mol. The van der Waals surface area contributed by atoms with Gasteiger partial charge < -0.3 is 14.6 Å². The van der Waals surface area contributed by atoms with E-state index in [9.17, 15) is 23.2 Å². The Balaban J connectivity index is 2.40. The minimum absolute atomic E-state index is 0.0490. The summed E-state index contributed by atoms with van der Waals surface area (Å²) in [4.78, 5) is 36.1. The molecule has 2 aromatic rings. The van der Waals surface area contributed by atoms with Crippen LogP contribution in [-0.4, -0.2) is 28.8 Å². The third-order valence-corrected chi connectivity index (χ3v) is 4.44. The molecule has 0 saturated carbocycles. The number of aromatic nitrogens is 1. The molecular weight excluding hydrogens is 428 g/mol. The Labute approximate surface area is 160 Å². The second-order valence-corrected chi connectivity index (χ2v) is 5.95. The van der Waals surface area contributed by atoms with Crippen molar-refractivity contribution in [1.82, 2.24) is 4.57 Å². The summed E-state index contributed by atoms with van der Waals surface area (Å²) < 4.78 is 33.5. The highest BCUT2D eigenvalue weighted by Gasteiger charge is 2.32. The number of ketones is 1. The molecule has 0 aliphatic heterocycles. The smallest absolute Gasteiger partial charge is 0.379 e. The van der Waals surface area contributed by atoms with Crippen LogP contribution in [0.1, 0.15) is 33.3 Å². The SMILES string of the molecule is CCOC(=O)C(=O)c1c(F)c(C(=O)Nc2ccc(F)c(C#N)c2)n(C)c1Br. The van der Waals surface area contributed by atoms with E-state index in [1.807, 2.05) is 0 Å². The number of rotatable bonds is 5. The fraction of sp³-hybridized carbons (Fsp3) is 0.176. The topological polar surface area (TPSA) is 101 Å². The average molecular weight is 440 g/mol. The van der Waals surface area contributed by atoms with E-state index < -0.39 is 40.6 Å². The predicted molar refractivity (Wildman–Crippen MR) is 93.1 cm³/mol. The van der Waals surface area contributed by atoms with E-state index in [2.05, 4.69) is 26.0 Å². The van der Waals surface area contributed by atoms with Gasteiger partial charge in [-0.1, -0.05) is 0 Å². The molecule has 0 spiro atoms. The first-order chi connectivity index (χ1) is 12.7. The van der Waals surface area contributed by atoms with Crippen molar-refractivity contribution in [1.29, 1.82) is 5.26 Å². The van der Waals surface area contributed by atoms with Crippen molar-refractivity contribution in [3.05, 3.63) is 51.3 Å². The molecule has 0 aliphatic rings. The first-order valence-corrected chi connectivity index (χ1v) is 8.28. The molecule has 0 bridgehead atoms. The number of nitrogens with zero attached hydrogens (tertiary/aromatic N) is 2. The first kappa shape index (κ1) is 20.3. The van der Waals surface area contributed by atoms with Crippen LogP contribution in [0.3, 0.4) is 0 Å². The Morgan fingerprint density at radius 3 is 2.59 bits per heavy atom. The number of nitriles is 1. The zero-order chi connectivity index (χ0) is 20.3. The van der Waals surface area contributed by atoms with Gasteiger partial charge in [-0.25, -0.2) is 13.6 Å². The predicted octanol–water partition coefficient (Wildman–Crippen LogP) is 2.94. The number of halogens is 3. The average Bonchev–Trinajstić information content (AvgIpc) is 2.85. The van der Waals surface area contributed by atoms with Gasteiger partial charge in [-0.2, -0.15) is 5.26 Å². The van der Waals surface area contributed by atoms with Crippen LogP contribution in [0.5, 0.6) is 0 Å². The normalized spacial score (nSPS) is 10.2. The van der Waals surface area contributed by atoms with Gasteiger partial charge in [0.15, 0.2) is 5.82 Å². The van der Waals surface area contributed by atoms with Crippen LogP contribution in [0.15, 0.2) is 22.8 Å². The van der Waals surface area contributed by atoms with Gasteiger partial charge in [-0.3, -0.25) is 9.59 Å². The van der Waals surface area contributed by atoms with Crippen molar-refractivity contribution in [3.8, 4) is 6.07 Å². The van der Waals surface area contributed by atoms with Crippen molar-refractivity contribution in [2.24, 2.45) is 7.05 Å². The van der Waals surface area contributed by atoms with Crippen LogP contribution in [0, 0.1) is 23.0 Å². The molecule has 1 amide bonds. The Morgan fingerprint density at radius 2 is 2.00 bits per heavy atom. The lowest BCUT2D eigenvalue weighted by atomic mass is 10.2. The van der Waals surface area contributed by atoms with E-state index in [-0.39, 0.29) is 22.5 Å². The van der Waals surface area contributed by atoms with Gasteiger partial charge >= 0.3 is 5.97 Å². The van der Waals surface area contributed by atoms with Gasteiger partial charge in [0.05, 0.1) is 22.3 Å². The second kappa shape index (κ2) is 8.09. The van der Waals surface area contributed by atoms with Crippen LogP contribution in [0.2, 0.25) is 0 Å². The highest BCUT2D eigenvalue weighted by Crippen LogP contribution is 2.27. The zero-order valence-electron chi connectivity index (χ0n) is 14.1. The minimum atomic E-state index is -1.26. The molecule has 1 heterocycles. The third-order valence-electron chi connectivity index (χ3n) is 3.51. The summed E-state index contributed by atoms with van der Waals surface area (Å²) in [6, 6.07) is 4.85. The van der Waals surface area contributed by atoms with E-state index in [1.165, 1.54) is 20.0 Å². The lowest BCUT2D eigenvalue weighted by molar-refractivity contribution is -0.137. The number of nitrogens with one attached hydrogen (secondary N) is 1. The molecule has 1 aromatic carbocycles. The summed E-state index contributed by atoms with van der Waals surface area (Å²) in [6.07, 6.45) is 0. The van der Waals surface area contributed by atoms with Gasteiger partial charge in [-0.15, -0.1) is 0 Å². The number of amides is 1. The van der Waals surface area contributed by atoms with Crippen molar-refractivity contribution in [2.45, 2.75) is 6.92 Å². The van der Waals surface area contributed by atoms with E-state index in [0.29, 0.717) is 0 Å². The molecule has 0 radical (unpaired) electrons. The Hall–Kier alpha value is -3.06. The summed E-state index contributed by atoms with van der Waals surface area (Å²) in [5, 5.41) is 11.1. The van der Waals surface area contributed by atoms with Crippen LogP contribution >= 0.6 is 15.9 Å². The van der Waals surface area contributed by atoms with Gasteiger partial charge in [0.2, 0.25) is 0 Å². The molecule has 0 unspecified atom stereocenters. The Bertz CT molecular complexity index is 995. The van der Waals surface area contributed by atoms with E-state index in [0.717, 1.165) is 16.7 Å². The summed E-state index contributed by atoms with van der Waals surface area (Å²) in [7, 11) is 1.30. The molecule has 10 heteroatoms. The molecular formula is C17H12BrF2N3O4. The molecule has 27 heavy (non-hydrogen) atoms. The summed E-state index contributed by atoms with van der Waals surface area (Å²) in [6.45, 7) is 1.41. The molecule has 140 valence electrons. The Kier molecular flexibility index (Phi) is 6.07. The first-order valence-electron chi connectivity index (χ1n) is 7.49. The molecule has 7 nitrogen and oxygen atoms in total. The number of benzene rings is 1. The van der Waals surface area contributed by atoms with Crippen LogP contribution in [0.25, 0.3) is 0 Å². The lowest BCUT2D eigenvalue weighted by Crippen LogP contribution is -2.19. The number of hydrogen-bond donors (Lipinski definition) is 1. The highest BCUT2D eigenvalue weighted by atomic mass is 79.9. The highest BCUT2D eigenvalue weighted by molar-refractivity contribution is 9.10. The van der Waals surface area contributed by atoms with E-state index in [4.69, 9.17) is 5.26 Å². The van der Waals surface area contributed by atoms with Gasteiger partial charge in [0, 0.05) is 12.7 Å². The van der Waals surface area contributed by atoms with Crippen molar-refractivity contribution in [3.63, 3.8) is 0 Å². The Morgan fingerprint density at radius 1 is 1.33 bits per heavy atom. The maximum absolute atomic E-state index is 14.7. The van der Waals surface area contributed by atoms with Crippen molar-refractivity contribution >= 4 is 39.3 Å². The van der Waals surface area contributed by atoms with Crippen LogP contribution < -0.4 is 5.32 Å². The third kappa shape index (κ3) is 3.88. The van der Waals surface area contributed by atoms with Crippen molar-refractivity contribution < 1.29 is 27.9 Å². The number of Topliss-reactive ketones (excluding diaryl/α,β-unsaturated/α-hetero) is 1. The molecule has 0 aliphatic carbocycles. The van der Waals surface area contributed by atoms with Crippen LogP contribution in [0.4, 0.5) is 14.5 Å². The van der Waals surface area contributed by atoms with E-state index in [1.54, 1.807) is 6.07 Å². The largest absolute Gasteiger partial charge is 0.460 e.